The van der Waals surface area contributed by atoms with Crippen LogP contribution in [0.1, 0.15) is 32.3 Å². The third kappa shape index (κ3) is 8.78. The van der Waals surface area contributed by atoms with Gasteiger partial charge >= 0.3 is 6.18 Å². The smallest absolute Gasteiger partial charge is 0.390 e. The number of halogens is 4. The van der Waals surface area contributed by atoms with Crippen LogP contribution >= 0.6 is 11.6 Å². The Kier molecular flexibility index (Phi) is 9.74. The zero-order valence-corrected chi connectivity index (χ0v) is 21.1. The number of sulfonamides is 1. The maximum atomic E-state index is 12.7. The van der Waals surface area contributed by atoms with E-state index in [-0.39, 0.29) is 25.3 Å². The summed E-state index contributed by atoms with van der Waals surface area (Å²) in [5.41, 5.74) is 0.186. The van der Waals surface area contributed by atoms with Crippen LogP contribution in [0, 0.1) is 0 Å². The molecule has 1 heterocycles. The molecule has 0 aromatic heterocycles. The number of carbonyl (C=O) groups is 1. The molecule has 2 rings (SSSR count). The number of hydrogen-bond acceptors (Lipinski definition) is 6. The second-order valence-corrected chi connectivity index (χ2v) is 11.2. The van der Waals surface area contributed by atoms with Gasteiger partial charge in [0.25, 0.3) is 0 Å². The van der Waals surface area contributed by atoms with Crippen molar-refractivity contribution < 1.29 is 31.5 Å². The van der Waals surface area contributed by atoms with Crippen LogP contribution in [0.2, 0.25) is 5.02 Å². The minimum absolute atomic E-state index is 0.0351. The average molecular weight is 539 g/mol. The van der Waals surface area contributed by atoms with Crippen molar-refractivity contribution >= 4 is 33.4 Å². The summed E-state index contributed by atoms with van der Waals surface area (Å²) >= 11 is 5.89. The van der Waals surface area contributed by atoms with Gasteiger partial charge in [-0.3, -0.25) is 9.79 Å². The van der Waals surface area contributed by atoms with Gasteiger partial charge in [-0.25, -0.2) is 8.42 Å². The number of aliphatic imine (C=N–C) groups is 1. The fourth-order valence-corrected chi connectivity index (χ4v) is 4.76. The summed E-state index contributed by atoms with van der Waals surface area (Å²) in [4.78, 5) is 16.9. The monoisotopic (exact) mass is 538 g/mol. The molecule has 0 radical (unpaired) electrons. The number of benzene rings is 1. The third-order valence-corrected chi connectivity index (χ3v) is 7.42. The van der Waals surface area contributed by atoms with E-state index in [1.54, 1.807) is 38.1 Å². The summed E-state index contributed by atoms with van der Waals surface area (Å²) in [5.74, 6) is -0.780. The Morgan fingerprint density at radius 1 is 1.31 bits per heavy atom. The maximum absolute atomic E-state index is 12.7. The quantitative estimate of drug-likeness (QED) is 0.379. The van der Waals surface area contributed by atoms with Gasteiger partial charge in [-0.05, 0) is 43.5 Å². The minimum Gasteiger partial charge on any atom is -0.395 e. The zero-order chi connectivity index (χ0) is 26.4. The number of nitrogens with one attached hydrogen (secondary N) is 2. The number of nitrogens with zero attached hydrogens (tertiary/aromatic N) is 2. The molecular formula is C22H30ClF3N4O4S. The first-order valence-electron chi connectivity index (χ1n) is 10.9. The van der Waals surface area contributed by atoms with Crippen molar-refractivity contribution in [2.45, 2.75) is 51.0 Å². The molecule has 1 amide bonds. The molecule has 1 aromatic rings. The van der Waals surface area contributed by atoms with Gasteiger partial charge in [-0.15, -0.1) is 0 Å². The fraction of sp³-hybridized carbons (Fsp3) is 0.545. The molecule has 13 heteroatoms. The zero-order valence-electron chi connectivity index (χ0n) is 19.5. The first-order valence-corrected chi connectivity index (χ1v) is 12.9. The molecule has 0 bridgehead atoms. The topological polar surface area (TPSA) is 111 Å². The van der Waals surface area contributed by atoms with Crippen LogP contribution in [-0.2, 0) is 21.4 Å². The SMILES string of the molecule is C=C(CCN(Cc1ccc(Cl)cc1)S(=O)(=O)CCO)C1=NC(C)(C)[C@H](C(=O)NCCC(F)(F)F)N1. The van der Waals surface area contributed by atoms with Gasteiger partial charge in [0.05, 0.1) is 24.3 Å². The van der Waals surface area contributed by atoms with E-state index < -0.39 is 59.0 Å². The molecule has 1 aromatic carbocycles. The lowest BCUT2D eigenvalue weighted by molar-refractivity contribution is -0.136. The van der Waals surface area contributed by atoms with Crippen molar-refractivity contribution in [1.82, 2.24) is 14.9 Å². The second-order valence-electron chi connectivity index (χ2n) is 8.70. The summed E-state index contributed by atoms with van der Waals surface area (Å²) in [6.45, 7) is 6.28. The van der Waals surface area contributed by atoms with Crippen molar-refractivity contribution in [3.05, 3.63) is 47.0 Å². The van der Waals surface area contributed by atoms with E-state index in [0.29, 0.717) is 16.2 Å². The molecule has 1 aliphatic heterocycles. The van der Waals surface area contributed by atoms with Crippen LogP contribution in [-0.4, -0.2) is 72.8 Å². The molecule has 196 valence electrons. The van der Waals surface area contributed by atoms with Crippen LogP contribution in [0.3, 0.4) is 0 Å². The number of aliphatic hydroxyl groups is 1. The van der Waals surface area contributed by atoms with Crippen molar-refractivity contribution in [2.75, 3.05) is 25.4 Å². The Hall–Kier alpha value is -2.15. The predicted molar refractivity (Wildman–Crippen MR) is 129 cm³/mol. The number of amides is 1. The van der Waals surface area contributed by atoms with Crippen molar-refractivity contribution in [1.29, 1.82) is 0 Å². The highest BCUT2D eigenvalue weighted by Gasteiger charge is 2.41. The molecule has 0 saturated carbocycles. The molecule has 1 atom stereocenters. The normalized spacial score (nSPS) is 17.7. The van der Waals surface area contributed by atoms with Crippen molar-refractivity contribution in [2.24, 2.45) is 4.99 Å². The molecule has 0 unspecified atom stereocenters. The molecule has 0 fully saturated rings. The van der Waals surface area contributed by atoms with Gasteiger partial charge < -0.3 is 15.7 Å². The van der Waals surface area contributed by atoms with Gasteiger partial charge in [0.1, 0.15) is 11.9 Å². The highest BCUT2D eigenvalue weighted by Crippen LogP contribution is 2.25. The highest BCUT2D eigenvalue weighted by atomic mass is 35.5. The molecule has 0 spiro atoms. The van der Waals surface area contributed by atoms with Crippen LogP contribution in [0.4, 0.5) is 13.2 Å². The van der Waals surface area contributed by atoms with E-state index in [1.807, 2.05) is 0 Å². The van der Waals surface area contributed by atoms with Gasteiger partial charge in [-0.2, -0.15) is 17.5 Å². The van der Waals surface area contributed by atoms with E-state index in [2.05, 4.69) is 22.2 Å². The minimum atomic E-state index is -4.38. The number of alkyl halides is 3. The Balaban J connectivity index is 2.04. The van der Waals surface area contributed by atoms with Crippen LogP contribution < -0.4 is 10.6 Å². The fourth-order valence-electron chi connectivity index (χ4n) is 3.43. The molecule has 0 aliphatic carbocycles. The summed E-state index contributed by atoms with van der Waals surface area (Å²) in [5, 5.41) is 14.9. The van der Waals surface area contributed by atoms with Gasteiger partial charge in [0.2, 0.25) is 15.9 Å². The maximum Gasteiger partial charge on any atom is 0.390 e. The first kappa shape index (κ1) is 29.1. The van der Waals surface area contributed by atoms with Crippen LogP contribution in [0.25, 0.3) is 0 Å². The van der Waals surface area contributed by atoms with Gasteiger partial charge in [-0.1, -0.05) is 30.3 Å². The first-order chi connectivity index (χ1) is 16.1. The number of amidine groups is 1. The summed E-state index contributed by atoms with van der Waals surface area (Å²) in [6.07, 6.45) is -5.35. The van der Waals surface area contributed by atoms with Gasteiger partial charge in [0, 0.05) is 24.7 Å². The van der Waals surface area contributed by atoms with Gasteiger partial charge in [0.15, 0.2) is 0 Å². The highest BCUT2D eigenvalue weighted by molar-refractivity contribution is 7.89. The largest absolute Gasteiger partial charge is 0.395 e. The van der Waals surface area contributed by atoms with E-state index in [4.69, 9.17) is 11.6 Å². The van der Waals surface area contributed by atoms with E-state index >= 15 is 0 Å². The lowest BCUT2D eigenvalue weighted by atomic mass is 9.96. The third-order valence-electron chi connectivity index (χ3n) is 5.37. The Morgan fingerprint density at radius 2 is 1.94 bits per heavy atom. The van der Waals surface area contributed by atoms with E-state index in [1.165, 1.54) is 4.31 Å². The van der Waals surface area contributed by atoms with E-state index in [9.17, 15) is 31.5 Å². The van der Waals surface area contributed by atoms with Crippen molar-refractivity contribution in [3.8, 4) is 0 Å². The molecule has 8 nitrogen and oxygen atoms in total. The molecular weight excluding hydrogens is 509 g/mol. The van der Waals surface area contributed by atoms with Crippen LogP contribution in [0.15, 0.2) is 41.4 Å². The lowest BCUT2D eigenvalue weighted by Crippen LogP contribution is -2.52. The summed E-state index contributed by atoms with van der Waals surface area (Å²) < 4.78 is 63.7. The predicted octanol–water partition coefficient (Wildman–Crippen LogP) is 2.63. The van der Waals surface area contributed by atoms with E-state index in [0.717, 1.165) is 0 Å². The molecule has 0 saturated heterocycles. The Labute approximate surface area is 208 Å². The molecule has 3 N–H and O–H groups in total. The number of carbonyl (C=O) groups excluding carboxylic acids is 1. The average Bonchev–Trinajstić information content (AvgIpc) is 3.06. The summed E-state index contributed by atoms with van der Waals surface area (Å²) in [7, 11) is -3.78. The number of hydrogen-bond donors (Lipinski definition) is 3. The molecule has 35 heavy (non-hydrogen) atoms. The van der Waals surface area contributed by atoms with Crippen LogP contribution in [0.5, 0.6) is 0 Å². The standard InChI is InChI=1S/C22H30ClF3N4O4S/c1-15(19-28-18(21(2,3)29-19)20(32)27-10-9-22(24,25)26)8-11-30(35(33,34)13-12-31)14-16-4-6-17(23)7-5-16/h4-7,18,31H,1,8-14H2,2-3H3,(H,27,32)(H,28,29)/t18-/m0/s1. The lowest BCUT2D eigenvalue weighted by Gasteiger charge is -2.24. The summed E-state index contributed by atoms with van der Waals surface area (Å²) in [6, 6.07) is 5.78. The number of rotatable bonds is 12. The van der Waals surface area contributed by atoms with Crippen molar-refractivity contribution in [3.63, 3.8) is 0 Å². The Bertz CT molecular complexity index is 1040. The second kappa shape index (κ2) is 11.7. The molecule has 1 aliphatic rings. The number of aliphatic hydroxyl groups excluding tert-OH is 1. The Morgan fingerprint density at radius 3 is 2.51 bits per heavy atom.